The van der Waals surface area contributed by atoms with E-state index in [0.29, 0.717) is 11.5 Å². The molecular formula is C17H20N2O4S. The van der Waals surface area contributed by atoms with Crippen LogP contribution in [0, 0.1) is 5.92 Å². The molecule has 24 heavy (non-hydrogen) atoms. The van der Waals surface area contributed by atoms with E-state index in [1.165, 1.54) is 12.1 Å². The van der Waals surface area contributed by atoms with Crippen LogP contribution in [0.5, 0.6) is 11.5 Å². The topological polar surface area (TPSA) is 98.5 Å². The maximum absolute atomic E-state index is 12.4. The van der Waals surface area contributed by atoms with Gasteiger partial charge in [-0.2, -0.15) is 4.72 Å². The summed E-state index contributed by atoms with van der Waals surface area (Å²) in [6.45, 7) is 3.43. The predicted octanol–water partition coefficient (Wildman–Crippen LogP) is 2.27. The van der Waals surface area contributed by atoms with Crippen molar-refractivity contribution in [1.29, 1.82) is 0 Å². The molecule has 1 amide bonds. The van der Waals surface area contributed by atoms with Gasteiger partial charge in [0.15, 0.2) is 0 Å². The first kappa shape index (κ1) is 18.0. The fourth-order valence-corrected chi connectivity index (χ4v) is 3.42. The Labute approximate surface area is 141 Å². The quantitative estimate of drug-likeness (QED) is 0.802. The van der Waals surface area contributed by atoms with E-state index in [1.54, 1.807) is 38.1 Å². The van der Waals surface area contributed by atoms with Crippen LogP contribution in [0.3, 0.4) is 0 Å². The summed E-state index contributed by atoms with van der Waals surface area (Å²) >= 11 is 0. The Balaban J connectivity index is 2.15. The van der Waals surface area contributed by atoms with Crippen molar-refractivity contribution in [3.05, 3.63) is 54.6 Å². The summed E-state index contributed by atoms with van der Waals surface area (Å²) in [4.78, 5) is 11.4. The van der Waals surface area contributed by atoms with Gasteiger partial charge >= 0.3 is 0 Å². The average Bonchev–Trinajstić information content (AvgIpc) is 2.54. The summed E-state index contributed by atoms with van der Waals surface area (Å²) in [6.07, 6.45) is 0. The first-order valence-electron chi connectivity index (χ1n) is 7.44. The van der Waals surface area contributed by atoms with Gasteiger partial charge < -0.3 is 10.5 Å². The van der Waals surface area contributed by atoms with Crippen LogP contribution in [0.2, 0.25) is 0 Å². The highest BCUT2D eigenvalue weighted by atomic mass is 32.2. The Kier molecular flexibility index (Phi) is 5.58. The van der Waals surface area contributed by atoms with E-state index in [1.807, 2.05) is 18.2 Å². The van der Waals surface area contributed by atoms with E-state index in [9.17, 15) is 13.2 Å². The fraction of sp³-hybridized carbons (Fsp3) is 0.235. The highest BCUT2D eigenvalue weighted by molar-refractivity contribution is 7.89. The first-order chi connectivity index (χ1) is 11.3. The number of carbonyl (C=O) groups is 1. The molecule has 2 rings (SSSR count). The number of amides is 1. The molecule has 0 heterocycles. The van der Waals surface area contributed by atoms with Gasteiger partial charge in [-0.15, -0.1) is 0 Å². The van der Waals surface area contributed by atoms with E-state index in [-0.39, 0.29) is 10.8 Å². The number of nitrogens with two attached hydrogens (primary N) is 1. The molecule has 0 spiro atoms. The van der Waals surface area contributed by atoms with Crippen LogP contribution in [-0.2, 0) is 14.8 Å². The lowest BCUT2D eigenvalue weighted by atomic mass is 10.1. The van der Waals surface area contributed by atoms with Gasteiger partial charge in [-0.1, -0.05) is 32.0 Å². The minimum atomic E-state index is -3.85. The largest absolute Gasteiger partial charge is 0.457 e. The summed E-state index contributed by atoms with van der Waals surface area (Å²) in [5.74, 6) is 0.200. The molecular weight excluding hydrogens is 328 g/mol. The number of primary amides is 1. The Bertz CT molecular complexity index is 787. The molecule has 3 N–H and O–H groups in total. The van der Waals surface area contributed by atoms with Gasteiger partial charge in [0.1, 0.15) is 17.5 Å². The van der Waals surface area contributed by atoms with Crippen LogP contribution in [0.25, 0.3) is 0 Å². The Morgan fingerprint density at radius 3 is 2.04 bits per heavy atom. The van der Waals surface area contributed by atoms with Gasteiger partial charge in [-0.25, -0.2) is 8.42 Å². The Morgan fingerprint density at radius 1 is 1.00 bits per heavy atom. The van der Waals surface area contributed by atoms with Crippen LogP contribution >= 0.6 is 0 Å². The van der Waals surface area contributed by atoms with Gasteiger partial charge in [-0.3, -0.25) is 4.79 Å². The zero-order valence-electron chi connectivity index (χ0n) is 13.5. The van der Waals surface area contributed by atoms with Crippen molar-refractivity contribution >= 4 is 15.9 Å². The van der Waals surface area contributed by atoms with Gasteiger partial charge in [0.05, 0.1) is 4.90 Å². The minimum Gasteiger partial charge on any atom is -0.457 e. The number of para-hydroxylation sites is 1. The summed E-state index contributed by atoms with van der Waals surface area (Å²) in [6, 6.07) is 14.1. The molecule has 0 aliphatic carbocycles. The molecule has 2 aromatic carbocycles. The number of nitrogens with one attached hydrogen (secondary N) is 1. The van der Waals surface area contributed by atoms with E-state index in [0.717, 1.165) is 0 Å². The predicted molar refractivity (Wildman–Crippen MR) is 91.1 cm³/mol. The molecule has 0 aliphatic heterocycles. The molecule has 1 unspecified atom stereocenters. The van der Waals surface area contributed by atoms with Crippen molar-refractivity contribution in [1.82, 2.24) is 4.72 Å². The number of sulfonamides is 1. The van der Waals surface area contributed by atoms with E-state index < -0.39 is 22.0 Å². The average molecular weight is 348 g/mol. The zero-order chi connectivity index (χ0) is 17.7. The van der Waals surface area contributed by atoms with Gasteiger partial charge in [0.2, 0.25) is 15.9 Å². The van der Waals surface area contributed by atoms with Crippen molar-refractivity contribution in [3.8, 4) is 11.5 Å². The minimum absolute atomic E-state index is 0.0369. The second kappa shape index (κ2) is 7.46. The van der Waals surface area contributed by atoms with Gasteiger partial charge in [-0.05, 0) is 42.3 Å². The first-order valence-corrected chi connectivity index (χ1v) is 8.92. The number of benzene rings is 2. The van der Waals surface area contributed by atoms with E-state index in [2.05, 4.69) is 4.72 Å². The lowest BCUT2D eigenvalue weighted by Crippen LogP contribution is -2.47. The van der Waals surface area contributed by atoms with Crippen molar-refractivity contribution in [2.75, 3.05) is 0 Å². The highest BCUT2D eigenvalue weighted by Crippen LogP contribution is 2.22. The molecule has 2 aromatic rings. The number of ether oxygens (including phenoxy) is 1. The molecule has 0 aromatic heterocycles. The summed E-state index contributed by atoms with van der Waals surface area (Å²) < 4.78 is 32.7. The van der Waals surface area contributed by atoms with E-state index in [4.69, 9.17) is 10.5 Å². The van der Waals surface area contributed by atoms with E-state index >= 15 is 0 Å². The summed E-state index contributed by atoms with van der Waals surface area (Å²) in [5, 5.41) is 0. The molecule has 128 valence electrons. The zero-order valence-corrected chi connectivity index (χ0v) is 14.3. The maximum atomic E-state index is 12.4. The number of carbonyl (C=O) groups excluding carboxylic acids is 1. The lowest BCUT2D eigenvalue weighted by Gasteiger charge is -2.19. The third kappa shape index (κ3) is 4.56. The van der Waals surface area contributed by atoms with Crippen molar-refractivity contribution < 1.29 is 17.9 Å². The molecule has 1 atom stereocenters. The summed E-state index contributed by atoms with van der Waals surface area (Å²) in [5.41, 5.74) is 5.25. The molecule has 0 saturated heterocycles. The van der Waals surface area contributed by atoms with Crippen LogP contribution in [-0.4, -0.2) is 20.4 Å². The standard InChI is InChI=1S/C17H20N2O4S/c1-12(2)16(17(18)20)19-24(21,22)15-10-8-14(9-11-15)23-13-6-4-3-5-7-13/h3-12,16,19H,1-2H3,(H2,18,20). The number of hydrogen-bond donors (Lipinski definition) is 2. The van der Waals surface area contributed by atoms with Gasteiger partial charge in [0.25, 0.3) is 0 Å². The SMILES string of the molecule is CC(C)C(NS(=O)(=O)c1ccc(Oc2ccccc2)cc1)C(N)=O. The lowest BCUT2D eigenvalue weighted by molar-refractivity contribution is -0.120. The van der Waals surface area contributed by atoms with Crippen LogP contribution in [0.15, 0.2) is 59.5 Å². The number of rotatable bonds is 7. The fourth-order valence-electron chi connectivity index (χ4n) is 2.07. The van der Waals surface area contributed by atoms with Crippen molar-refractivity contribution in [2.24, 2.45) is 11.7 Å². The second-order valence-corrected chi connectivity index (χ2v) is 7.35. The van der Waals surface area contributed by atoms with Crippen molar-refractivity contribution in [3.63, 3.8) is 0 Å². The monoisotopic (exact) mass is 348 g/mol. The molecule has 0 bridgehead atoms. The van der Waals surface area contributed by atoms with Crippen LogP contribution in [0.1, 0.15) is 13.8 Å². The van der Waals surface area contributed by atoms with Crippen LogP contribution < -0.4 is 15.2 Å². The smallest absolute Gasteiger partial charge is 0.241 e. The Morgan fingerprint density at radius 2 is 1.54 bits per heavy atom. The molecule has 0 saturated carbocycles. The normalized spacial score (nSPS) is 12.8. The summed E-state index contributed by atoms with van der Waals surface area (Å²) in [7, 11) is -3.85. The molecule has 0 fully saturated rings. The van der Waals surface area contributed by atoms with Crippen LogP contribution in [0.4, 0.5) is 0 Å². The third-order valence-corrected chi connectivity index (χ3v) is 4.83. The number of hydrogen-bond acceptors (Lipinski definition) is 4. The Hall–Kier alpha value is -2.38. The van der Waals surface area contributed by atoms with Gasteiger partial charge in [0, 0.05) is 0 Å². The molecule has 0 aliphatic rings. The molecule has 7 heteroatoms. The highest BCUT2D eigenvalue weighted by Gasteiger charge is 2.26. The molecule has 6 nitrogen and oxygen atoms in total. The van der Waals surface area contributed by atoms with Crippen molar-refractivity contribution in [2.45, 2.75) is 24.8 Å². The third-order valence-electron chi connectivity index (χ3n) is 3.37. The molecule has 0 radical (unpaired) electrons. The second-order valence-electron chi connectivity index (χ2n) is 5.63. The maximum Gasteiger partial charge on any atom is 0.241 e.